The van der Waals surface area contributed by atoms with Gasteiger partial charge < -0.3 is 9.64 Å². The molecule has 0 fully saturated rings. The molecule has 3 heterocycles. The number of nitrogens with zero attached hydrogens (tertiary/aromatic N) is 3. The number of carbonyl (C=O) groups is 1. The predicted molar refractivity (Wildman–Crippen MR) is 76.1 cm³/mol. The lowest BCUT2D eigenvalue weighted by atomic mass is 10.2. The molecule has 0 saturated heterocycles. The Morgan fingerprint density at radius 3 is 2.86 bits per heavy atom. The second kappa shape index (κ2) is 5.97. The third kappa shape index (κ3) is 3.41. The van der Waals surface area contributed by atoms with Gasteiger partial charge in [0.15, 0.2) is 0 Å². The summed E-state index contributed by atoms with van der Waals surface area (Å²) < 4.78 is 4.99. The fourth-order valence-electron chi connectivity index (χ4n) is 2.10. The summed E-state index contributed by atoms with van der Waals surface area (Å²) in [6, 6.07) is 5.55. The standard InChI is InChI=1S/C14H13ClN4O2/c15-13-2-1-10(6-16-13)7-19(8-11-3-4-17-18-11)12-5-14(20)21-9-12/h1-6H,7-9H2,(H,17,18). The van der Waals surface area contributed by atoms with Crippen molar-refractivity contribution >= 4 is 17.6 Å². The Bertz CT molecular complexity index is 652. The fourth-order valence-corrected chi connectivity index (χ4v) is 2.22. The average molecular weight is 305 g/mol. The summed E-state index contributed by atoms with van der Waals surface area (Å²) in [5.74, 6) is -0.311. The molecule has 3 rings (SSSR count). The van der Waals surface area contributed by atoms with Gasteiger partial charge in [0.1, 0.15) is 11.8 Å². The van der Waals surface area contributed by atoms with E-state index in [0.717, 1.165) is 17.0 Å². The van der Waals surface area contributed by atoms with Gasteiger partial charge in [-0.1, -0.05) is 17.7 Å². The van der Waals surface area contributed by atoms with Crippen LogP contribution >= 0.6 is 11.6 Å². The smallest absolute Gasteiger partial charge is 0.333 e. The minimum absolute atomic E-state index is 0.286. The van der Waals surface area contributed by atoms with Gasteiger partial charge in [-0.05, 0) is 17.7 Å². The molecule has 6 nitrogen and oxygen atoms in total. The highest BCUT2D eigenvalue weighted by Crippen LogP contribution is 2.18. The first kappa shape index (κ1) is 13.6. The van der Waals surface area contributed by atoms with Crippen LogP contribution in [0.15, 0.2) is 42.4 Å². The molecule has 1 aliphatic rings. The van der Waals surface area contributed by atoms with E-state index in [4.69, 9.17) is 16.3 Å². The minimum atomic E-state index is -0.311. The Hall–Kier alpha value is -2.34. The summed E-state index contributed by atoms with van der Waals surface area (Å²) in [5, 5.41) is 7.31. The van der Waals surface area contributed by atoms with Gasteiger partial charge in [0.25, 0.3) is 0 Å². The third-order valence-electron chi connectivity index (χ3n) is 3.13. The van der Waals surface area contributed by atoms with Gasteiger partial charge in [0, 0.05) is 25.0 Å². The number of aromatic amines is 1. The second-order valence-electron chi connectivity index (χ2n) is 4.67. The van der Waals surface area contributed by atoms with E-state index in [0.29, 0.717) is 18.2 Å². The number of carbonyl (C=O) groups excluding carboxylic acids is 1. The number of pyridine rings is 1. The van der Waals surface area contributed by atoms with Crippen molar-refractivity contribution in [3.05, 3.63) is 58.8 Å². The monoisotopic (exact) mass is 304 g/mol. The van der Waals surface area contributed by atoms with E-state index >= 15 is 0 Å². The number of rotatable bonds is 5. The molecule has 7 heteroatoms. The first-order valence-electron chi connectivity index (χ1n) is 6.41. The first-order chi connectivity index (χ1) is 10.2. The average Bonchev–Trinajstić information content (AvgIpc) is 3.12. The Kier molecular flexibility index (Phi) is 3.87. The van der Waals surface area contributed by atoms with Crippen LogP contribution in [-0.2, 0) is 22.6 Å². The normalized spacial score (nSPS) is 14.0. The van der Waals surface area contributed by atoms with Crippen molar-refractivity contribution in [2.75, 3.05) is 6.61 Å². The van der Waals surface area contributed by atoms with E-state index in [1.54, 1.807) is 18.5 Å². The maximum Gasteiger partial charge on any atom is 0.333 e. The van der Waals surface area contributed by atoms with E-state index in [2.05, 4.69) is 15.2 Å². The van der Waals surface area contributed by atoms with Crippen molar-refractivity contribution in [1.29, 1.82) is 0 Å². The van der Waals surface area contributed by atoms with E-state index in [9.17, 15) is 4.79 Å². The Morgan fingerprint density at radius 1 is 1.33 bits per heavy atom. The van der Waals surface area contributed by atoms with E-state index in [1.807, 2.05) is 17.0 Å². The Morgan fingerprint density at radius 2 is 2.24 bits per heavy atom. The number of hydrogen-bond acceptors (Lipinski definition) is 5. The number of cyclic esters (lactones) is 1. The minimum Gasteiger partial charge on any atom is -0.456 e. The molecule has 1 aliphatic heterocycles. The van der Waals surface area contributed by atoms with Crippen molar-refractivity contribution in [2.45, 2.75) is 13.1 Å². The number of esters is 1. The molecule has 0 amide bonds. The molecule has 21 heavy (non-hydrogen) atoms. The maximum atomic E-state index is 11.3. The van der Waals surface area contributed by atoms with Gasteiger partial charge >= 0.3 is 5.97 Å². The molecule has 0 unspecified atom stereocenters. The van der Waals surface area contributed by atoms with Gasteiger partial charge in [0.05, 0.1) is 17.9 Å². The molecule has 0 spiro atoms. The number of hydrogen-bond donors (Lipinski definition) is 1. The molecule has 0 bridgehead atoms. The van der Waals surface area contributed by atoms with E-state index in [-0.39, 0.29) is 12.6 Å². The lowest BCUT2D eigenvalue weighted by Gasteiger charge is -2.24. The molecule has 2 aromatic rings. The molecule has 108 valence electrons. The van der Waals surface area contributed by atoms with Crippen molar-refractivity contribution in [3.63, 3.8) is 0 Å². The molecule has 0 atom stereocenters. The first-order valence-corrected chi connectivity index (χ1v) is 6.79. The van der Waals surface area contributed by atoms with Gasteiger partial charge in [-0.2, -0.15) is 5.10 Å². The lowest BCUT2D eigenvalue weighted by Crippen LogP contribution is -2.23. The number of nitrogens with one attached hydrogen (secondary N) is 1. The largest absolute Gasteiger partial charge is 0.456 e. The number of H-pyrrole nitrogens is 1. The van der Waals surface area contributed by atoms with Crippen LogP contribution in [0.5, 0.6) is 0 Å². The topological polar surface area (TPSA) is 71.1 Å². The molecular weight excluding hydrogens is 292 g/mol. The summed E-state index contributed by atoms with van der Waals surface area (Å²) in [6.07, 6.45) is 4.93. The zero-order valence-electron chi connectivity index (χ0n) is 11.1. The van der Waals surface area contributed by atoms with Crippen molar-refractivity contribution in [1.82, 2.24) is 20.1 Å². The molecular formula is C14H13ClN4O2. The SMILES string of the molecule is O=C1C=C(N(Cc2ccc(Cl)nc2)Cc2ccn[nH]2)CO1. The zero-order chi connectivity index (χ0) is 14.7. The Labute approximate surface area is 126 Å². The van der Waals surface area contributed by atoms with Crippen LogP contribution in [0.25, 0.3) is 0 Å². The predicted octanol–water partition coefficient (Wildman–Crippen LogP) is 1.90. The van der Waals surface area contributed by atoms with Crippen LogP contribution in [-0.4, -0.2) is 32.7 Å². The Balaban J connectivity index is 1.79. The van der Waals surface area contributed by atoms with Crippen molar-refractivity contribution < 1.29 is 9.53 Å². The van der Waals surface area contributed by atoms with E-state index in [1.165, 1.54) is 6.08 Å². The van der Waals surface area contributed by atoms with Gasteiger partial charge in [0.2, 0.25) is 0 Å². The maximum absolute atomic E-state index is 11.3. The number of halogens is 1. The van der Waals surface area contributed by atoms with Crippen LogP contribution in [0.1, 0.15) is 11.3 Å². The zero-order valence-corrected chi connectivity index (χ0v) is 11.9. The summed E-state index contributed by atoms with van der Waals surface area (Å²) in [4.78, 5) is 17.4. The highest BCUT2D eigenvalue weighted by atomic mass is 35.5. The van der Waals surface area contributed by atoms with Gasteiger partial charge in [-0.15, -0.1) is 0 Å². The van der Waals surface area contributed by atoms with Crippen LogP contribution in [0.4, 0.5) is 0 Å². The van der Waals surface area contributed by atoms with Crippen LogP contribution in [0, 0.1) is 0 Å². The summed E-state index contributed by atoms with van der Waals surface area (Å²) in [6.45, 7) is 1.49. The molecule has 1 N–H and O–H groups in total. The molecule has 0 aliphatic carbocycles. The van der Waals surface area contributed by atoms with E-state index < -0.39 is 0 Å². The lowest BCUT2D eigenvalue weighted by molar-refractivity contribution is -0.135. The summed E-state index contributed by atoms with van der Waals surface area (Å²) in [5.41, 5.74) is 2.79. The van der Waals surface area contributed by atoms with Crippen molar-refractivity contribution in [3.8, 4) is 0 Å². The molecule has 0 saturated carbocycles. The van der Waals surface area contributed by atoms with Gasteiger partial charge in [-0.3, -0.25) is 5.10 Å². The number of aromatic nitrogens is 3. The highest BCUT2D eigenvalue weighted by molar-refractivity contribution is 6.29. The van der Waals surface area contributed by atoms with Crippen LogP contribution in [0.2, 0.25) is 5.15 Å². The second-order valence-corrected chi connectivity index (χ2v) is 5.06. The molecule has 0 aromatic carbocycles. The number of ether oxygens (including phenoxy) is 1. The molecule has 2 aromatic heterocycles. The highest BCUT2D eigenvalue weighted by Gasteiger charge is 2.20. The fraction of sp³-hybridized carbons (Fsp3) is 0.214. The quantitative estimate of drug-likeness (QED) is 0.675. The van der Waals surface area contributed by atoms with Crippen molar-refractivity contribution in [2.24, 2.45) is 0 Å². The summed E-state index contributed by atoms with van der Waals surface area (Å²) in [7, 11) is 0. The summed E-state index contributed by atoms with van der Waals surface area (Å²) >= 11 is 5.80. The third-order valence-corrected chi connectivity index (χ3v) is 3.36. The molecule has 0 radical (unpaired) electrons. The van der Waals surface area contributed by atoms with Gasteiger partial charge in [-0.25, -0.2) is 9.78 Å². The van der Waals surface area contributed by atoms with Crippen LogP contribution in [0.3, 0.4) is 0 Å². The van der Waals surface area contributed by atoms with Crippen LogP contribution < -0.4 is 0 Å².